The molecule has 1 atom stereocenters. The number of anilines is 3. The van der Waals surface area contributed by atoms with Crippen molar-refractivity contribution in [3.63, 3.8) is 0 Å². The Labute approximate surface area is 214 Å². The van der Waals surface area contributed by atoms with Crippen molar-refractivity contribution in [1.82, 2.24) is 0 Å². The van der Waals surface area contributed by atoms with Crippen molar-refractivity contribution in [1.29, 1.82) is 0 Å². The molecule has 3 aromatic rings. The van der Waals surface area contributed by atoms with Gasteiger partial charge in [0.2, 0.25) is 5.91 Å². The van der Waals surface area contributed by atoms with E-state index in [1.165, 1.54) is 36.4 Å². The summed E-state index contributed by atoms with van der Waals surface area (Å²) in [6, 6.07) is 15.7. The number of halogens is 1. The molecule has 1 amide bonds. The van der Waals surface area contributed by atoms with E-state index in [-0.39, 0.29) is 17.8 Å². The number of hydrogen-bond donors (Lipinski definition) is 3. The van der Waals surface area contributed by atoms with Crippen LogP contribution in [0, 0.1) is 0 Å². The Balaban J connectivity index is 1.85. The molecule has 0 saturated carbocycles. The Morgan fingerprint density at radius 3 is 2.19 bits per heavy atom. The molecule has 0 saturated heterocycles. The van der Waals surface area contributed by atoms with Gasteiger partial charge in [-0.2, -0.15) is 0 Å². The Bertz CT molecular complexity index is 1330. The number of carboxylic acid groups (broad SMARTS) is 1. The van der Waals surface area contributed by atoms with E-state index in [1.807, 2.05) is 6.92 Å². The van der Waals surface area contributed by atoms with Gasteiger partial charge in [-0.05, 0) is 74.0 Å². The molecule has 0 radical (unpaired) electrons. The lowest BCUT2D eigenvalue weighted by molar-refractivity contribution is -0.255. The van der Waals surface area contributed by atoms with Gasteiger partial charge in [-0.25, -0.2) is 8.42 Å². The van der Waals surface area contributed by atoms with Crippen molar-refractivity contribution >= 4 is 50.6 Å². The molecular formula is C25H25ClN3O6S-. The van der Waals surface area contributed by atoms with Gasteiger partial charge in [0.25, 0.3) is 10.0 Å². The number of hydrogen-bond acceptors (Lipinski definition) is 7. The third-order valence-corrected chi connectivity index (χ3v) is 6.78. The van der Waals surface area contributed by atoms with Gasteiger partial charge >= 0.3 is 0 Å². The molecule has 1 unspecified atom stereocenters. The number of carboxylic acids is 1. The third-order valence-electron chi connectivity index (χ3n) is 5.10. The van der Waals surface area contributed by atoms with Gasteiger partial charge in [-0.3, -0.25) is 9.52 Å². The largest absolute Gasteiger partial charge is 0.545 e. The van der Waals surface area contributed by atoms with Crippen molar-refractivity contribution in [3.05, 3.63) is 77.3 Å². The predicted octanol–water partition coefficient (Wildman–Crippen LogP) is 3.73. The van der Waals surface area contributed by atoms with Crippen molar-refractivity contribution in [2.45, 2.75) is 31.2 Å². The minimum atomic E-state index is -4.31. The molecule has 11 heteroatoms. The zero-order valence-corrected chi connectivity index (χ0v) is 21.2. The smallest absolute Gasteiger partial charge is 0.262 e. The van der Waals surface area contributed by atoms with E-state index < -0.39 is 38.4 Å². The number of rotatable bonds is 11. The summed E-state index contributed by atoms with van der Waals surface area (Å²) >= 11 is 5.84. The van der Waals surface area contributed by atoms with Crippen LogP contribution in [0.15, 0.2) is 71.6 Å². The van der Waals surface area contributed by atoms with Gasteiger partial charge in [0.1, 0.15) is 11.8 Å². The van der Waals surface area contributed by atoms with Crippen LogP contribution >= 0.6 is 11.6 Å². The number of ether oxygens (including phenoxy) is 1. The summed E-state index contributed by atoms with van der Waals surface area (Å²) in [4.78, 5) is 24.4. The van der Waals surface area contributed by atoms with E-state index in [9.17, 15) is 23.1 Å². The van der Waals surface area contributed by atoms with Gasteiger partial charge in [0, 0.05) is 27.6 Å². The monoisotopic (exact) mass is 530 g/mol. The molecule has 0 bridgehead atoms. The number of aromatic carboxylic acids is 1. The second kappa shape index (κ2) is 11.8. The number of benzene rings is 3. The average Bonchev–Trinajstić information content (AvgIpc) is 2.84. The van der Waals surface area contributed by atoms with E-state index in [0.29, 0.717) is 23.1 Å². The summed E-state index contributed by atoms with van der Waals surface area (Å²) in [7, 11) is -4.31. The molecule has 0 aliphatic rings. The third kappa shape index (κ3) is 6.67. The fourth-order valence-electron chi connectivity index (χ4n) is 3.39. The SMILES string of the molecule is CCOc1ccc(NC(=O)C(CC)Nc2cccc(S(=O)(=O)Nc3ccc(Cl)cc3)c2C(=O)[O-])cc1. The summed E-state index contributed by atoms with van der Waals surface area (Å²) in [5.41, 5.74) is 0.0597. The zero-order valence-electron chi connectivity index (χ0n) is 19.6. The highest BCUT2D eigenvalue weighted by atomic mass is 35.5. The number of sulfonamides is 1. The molecule has 0 spiro atoms. The standard InChI is InChI=1S/C25H26ClN3O6S/c1-3-20(24(30)27-17-12-14-19(15-13-17)35-4-2)28-21-6-5-7-22(23(21)25(31)32)36(33,34)29-18-10-8-16(26)9-11-18/h5-15,20,28-29H,3-4H2,1-2H3,(H,27,30)(H,31,32)/p-1. The summed E-state index contributed by atoms with van der Waals surface area (Å²) in [5, 5.41) is 18.0. The Morgan fingerprint density at radius 2 is 1.61 bits per heavy atom. The van der Waals surface area contributed by atoms with Crippen LogP contribution in [-0.2, 0) is 14.8 Å². The van der Waals surface area contributed by atoms with Crippen LogP contribution in [0.2, 0.25) is 5.02 Å². The fourth-order valence-corrected chi connectivity index (χ4v) is 4.79. The van der Waals surface area contributed by atoms with Gasteiger partial charge in [0.05, 0.1) is 17.5 Å². The number of amides is 1. The van der Waals surface area contributed by atoms with Gasteiger partial charge < -0.3 is 25.3 Å². The average molecular weight is 531 g/mol. The maximum atomic E-state index is 13.0. The maximum Gasteiger partial charge on any atom is 0.262 e. The lowest BCUT2D eigenvalue weighted by Gasteiger charge is -2.22. The van der Waals surface area contributed by atoms with Crippen molar-refractivity contribution in [2.75, 3.05) is 22.0 Å². The highest BCUT2D eigenvalue weighted by Gasteiger charge is 2.24. The Kier molecular flexibility index (Phi) is 8.78. The predicted molar refractivity (Wildman–Crippen MR) is 137 cm³/mol. The lowest BCUT2D eigenvalue weighted by atomic mass is 10.1. The van der Waals surface area contributed by atoms with Gasteiger partial charge in [-0.1, -0.05) is 24.6 Å². The maximum absolute atomic E-state index is 13.0. The molecule has 3 N–H and O–H groups in total. The molecule has 0 aliphatic carbocycles. The zero-order chi connectivity index (χ0) is 26.3. The highest BCUT2D eigenvalue weighted by Crippen LogP contribution is 2.27. The minimum Gasteiger partial charge on any atom is -0.545 e. The van der Waals surface area contributed by atoms with Crippen molar-refractivity contribution in [3.8, 4) is 5.75 Å². The van der Waals surface area contributed by atoms with Crippen LogP contribution in [0.5, 0.6) is 5.75 Å². The molecular weight excluding hydrogens is 506 g/mol. The summed E-state index contributed by atoms with van der Waals surface area (Å²) in [5.74, 6) is -1.49. The first kappa shape index (κ1) is 26.8. The molecule has 0 aromatic heterocycles. The molecule has 0 aliphatic heterocycles. The first-order chi connectivity index (χ1) is 17.1. The topological polar surface area (TPSA) is 137 Å². The minimum absolute atomic E-state index is 0.0670. The number of nitrogens with one attached hydrogen (secondary N) is 3. The highest BCUT2D eigenvalue weighted by molar-refractivity contribution is 7.92. The van der Waals surface area contributed by atoms with Crippen molar-refractivity contribution in [2.24, 2.45) is 0 Å². The van der Waals surface area contributed by atoms with E-state index in [2.05, 4.69) is 15.4 Å². The van der Waals surface area contributed by atoms with Crippen LogP contribution < -0.4 is 25.2 Å². The molecule has 0 fully saturated rings. The van der Waals surface area contributed by atoms with E-state index in [0.717, 1.165) is 6.07 Å². The summed E-state index contributed by atoms with van der Waals surface area (Å²) in [6.45, 7) is 4.11. The Morgan fingerprint density at radius 1 is 0.972 bits per heavy atom. The van der Waals surface area contributed by atoms with Gasteiger partial charge in [0.15, 0.2) is 0 Å². The van der Waals surface area contributed by atoms with Crippen LogP contribution in [0.1, 0.15) is 30.6 Å². The quantitative estimate of drug-likeness (QED) is 0.343. The number of carbonyl (C=O) groups excluding carboxylic acids is 2. The Hall–Kier alpha value is -3.76. The number of carbonyl (C=O) groups is 2. The first-order valence-corrected chi connectivity index (χ1v) is 12.9. The molecule has 3 aromatic carbocycles. The fraction of sp³-hybridized carbons (Fsp3) is 0.200. The van der Waals surface area contributed by atoms with Crippen LogP contribution in [0.3, 0.4) is 0 Å². The van der Waals surface area contributed by atoms with E-state index in [1.54, 1.807) is 31.2 Å². The summed E-state index contributed by atoms with van der Waals surface area (Å²) < 4.78 is 33.7. The first-order valence-electron chi connectivity index (χ1n) is 11.1. The van der Waals surface area contributed by atoms with Crippen molar-refractivity contribution < 1.29 is 27.9 Å². The molecule has 3 rings (SSSR count). The van der Waals surface area contributed by atoms with Crippen LogP contribution in [0.25, 0.3) is 0 Å². The normalized spacial score (nSPS) is 11.9. The lowest BCUT2D eigenvalue weighted by Crippen LogP contribution is -2.36. The van der Waals surface area contributed by atoms with Crippen LogP contribution in [0.4, 0.5) is 17.1 Å². The summed E-state index contributed by atoms with van der Waals surface area (Å²) in [6.07, 6.45) is 0.287. The second-order valence-electron chi connectivity index (χ2n) is 7.63. The second-order valence-corrected chi connectivity index (χ2v) is 9.72. The van der Waals surface area contributed by atoms with Crippen LogP contribution in [-0.4, -0.2) is 32.9 Å². The molecule has 36 heavy (non-hydrogen) atoms. The van der Waals surface area contributed by atoms with E-state index in [4.69, 9.17) is 16.3 Å². The molecule has 190 valence electrons. The van der Waals surface area contributed by atoms with E-state index >= 15 is 0 Å². The molecule has 0 heterocycles. The molecule has 9 nitrogen and oxygen atoms in total. The van der Waals surface area contributed by atoms with Gasteiger partial charge in [-0.15, -0.1) is 0 Å².